The van der Waals surface area contributed by atoms with Crippen LogP contribution in [-0.4, -0.2) is 41.3 Å². The Labute approximate surface area is 117 Å². The summed E-state index contributed by atoms with van der Waals surface area (Å²) in [6.07, 6.45) is 3.95. The van der Waals surface area contributed by atoms with Crippen molar-refractivity contribution in [3.8, 4) is 0 Å². The number of hydrogen-bond acceptors (Lipinski definition) is 5. The third kappa shape index (κ3) is 2.89. The Hall–Kier alpha value is -1.72. The molecule has 1 saturated heterocycles. The summed E-state index contributed by atoms with van der Waals surface area (Å²) in [5, 5.41) is 19.6. The molecule has 1 fully saturated rings. The number of fused-ring (bicyclic) bond motifs is 1. The third-order valence-corrected chi connectivity index (χ3v) is 3.75. The second kappa shape index (κ2) is 6.15. The van der Waals surface area contributed by atoms with Crippen molar-refractivity contribution >= 4 is 12.3 Å². The van der Waals surface area contributed by atoms with Crippen LogP contribution in [0.25, 0.3) is 0 Å². The summed E-state index contributed by atoms with van der Waals surface area (Å²) in [7, 11) is 0. The number of aliphatic hydroxyl groups is 2. The van der Waals surface area contributed by atoms with Crippen LogP contribution in [0, 0.1) is 5.92 Å². The zero-order valence-electron chi connectivity index (χ0n) is 11.1. The second-order valence-corrected chi connectivity index (χ2v) is 5.11. The highest BCUT2D eigenvalue weighted by atomic mass is 16.6. The van der Waals surface area contributed by atoms with E-state index in [1.54, 1.807) is 12.2 Å². The Morgan fingerprint density at radius 2 is 2.25 bits per heavy atom. The Morgan fingerprint density at radius 1 is 1.50 bits per heavy atom. The van der Waals surface area contributed by atoms with Gasteiger partial charge in [0, 0.05) is 12.0 Å². The summed E-state index contributed by atoms with van der Waals surface area (Å²) in [6, 6.07) is 0. The number of aldehydes is 1. The number of allylic oxidation sites excluding steroid dienone is 1. The van der Waals surface area contributed by atoms with Crippen LogP contribution in [0.2, 0.25) is 0 Å². The minimum Gasteiger partial charge on any atom is -0.454 e. The highest BCUT2D eigenvalue weighted by Crippen LogP contribution is 2.34. The van der Waals surface area contributed by atoms with Gasteiger partial charge >= 0.3 is 5.97 Å². The molecule has 1 aliphatic carbocycles. The standard InChI is InChI=1S/C15H18O5/c1-9-14-12(18)5-10(7-16)3-2-4-11(8-17)6-13(14)20-15(9)19/h3,6-7,12-14,17-18H,1-2,4-5,8H2/b10-3+,11-6+/t12-,13-,14-/m0/s1. The Balaban J connectivity index is 2.36. The molecule has 2 rings (SSSR count). The van der Waals surface area contributed by atoms with Gasteiger partial charge in [-0.3, -0.25) is 4.79 Å². The molecule has 0 amide bonds. The molecule has 108 valence electrons. The van der Waals surface area contributed by atoms with Crippen LogP contribution in [0.3, 0.4) is 0 Å². The molecule has 2 aliphatic rings. The van der Waals surface area contributed by atoms with E-state index >= 15 is 0 Å². The molecule has 0 spiro atoms. The van der Waals surface area contributed by atoms with Crippen molar-refractivity contribution in [2.75, 3.05) is 6.61 Å². The first-order valence-electron chi connectivity index (χ1n) is 6.59. The largest absolute Gasteiger partial charge is 0.454 e. The van der Waals surface area contributed by atoms with E-state index in [-0.39, 0.29) is 18.6 Å². The fourth-order valence-corrected chi connectivity index (χ4v) is 2.63. The van der Waals surface area contributed by atoms with Gasteiger partial charge in [0.1, 0.15) is 12.4 Å². The summed E-state index contributed by atoms with van der Waals surface area (Å²) in [4.78, 5) is 22.6. The van der Waals surface area contributed by atoms with Crippen LogP contribution >= 0.6 is 0 Å². The minimum absolute atomic E-state index is 0.145. The maximum absolute atomic E-state index is 11.6. The fraction of sp³-hybridized carbons (Fsp3) is 0.467. The number of ether oxygens (including phenoxy) is 1. The van der Waals surface area contributed by atoms with Crippen molar-refractivity contribution in [3.05, 3.63) is 35.5 Å². The molecule has 2 N–H and O–H groups in total. The van der Waals surface area contributed by atoms with Gasteiger partial charge in [-0.25, -0.2) is 4.79 Å². The van der Waals surface area contributed by atoms with Crippen molar-refractivity contribution < 1.29 is 24.5 Å². The van der Waals surface area contributed by atoms with E-state index in [1.165, 1.54) is 0 Å². The lowest BCUT2D eigenvalue weighted by Gasteiger charge is -2.22. The van der Waals surface area contributed by atoms with Gasteiger partial charge in [-0.05, 0) is 30.1 Å². The van der Waals surface area contributed by atoms with Gasteiger partial charge in [0.05, 0.1) is 18.6 Å². The van der Waals surface area contributed by atoms with Gasteiger partial charge in [0.2, 0.25) is 0 Å². The molecule has 0 unspecified atom stereocenters. The van der Waals surface area contributed by atoms with Gasteiger partial charge in [-0.1, -0.05) is 12.7 Å². The lowest BCUT2D eigenvalue weighted by molar-refractivity contribution is -0.137. The van der Waals surface area contributed by atoms with E-state index in [9.17, 15) is 19.8 Å². The molecular formula is C15H18O5. The smallest absolute Gasteiger partial charge is 0.334 e. The fourth-order valence-electron chi connectivity index (χ4n) is 2.63. The van der Waals surface area contributed by atoms with Crippen molar-refractivity contribution in [3.63, 3.8) is 0 Å². The van der Waals surface area contributed by atoms with E-state index in [0.29, 0.717) is 24.7 Å². The van der Waals surface area contributed by atoms with Crippen molar-refractivity contribution in [1.82, 2.24) is 0 Å². The van der Waals surface area contributed by atoms with Crippen LogP contribution in [-0.2, 0) is 14.3 Å². The molecule has 0 aromatic carbocycles. The Kier molecular flexibility index (Phi) is 4.52. The maximum Gasteiger partial charge on any atom is 0.334 e. The summed E-state index contributed by atoms with van der Waals surface area (Å²) < 4.78 is 5.19. The zero-order chi connectivity index (χ0) is 14.7. The molecule has 5 heteroatoms. The number of hydrogen-bond donors (Lipinski definition) is 2. The third-order valence-electron chi connectivity index (χ3n) is 3.75. The van der Waals surface area contributed by atoms with Crippen LogP contribution in [0.1, 0.15) is 19.3 Å². The molecule has 0 radical (unpaired) electrons. The first-order valence-corrected chi connectivity index (χ1v) is 6.59. The number of rotatable bonds is 2. The molecule has 0 aromatic rings. The van der Waals surface area contributed by atoms with Gasteiger partial charge in [0.15, 0.2) is 0 Å². The Morgan fingerprint density at radius 3 is 2.90 bits per heavy atom. The number of carbonyl (C=O) groups is 2. The van der Waals surface area contributed by atoms with Crippen LogP contribution in [0.5, 0.6) is 0 Å². The zero-order valence-corrected chi connectivity index (χ0v) is 11.1. The predicted molar refractivity (Wildman–Crippen MR) is 71.7 cm³/mol. The van der Waals surface area contributed by atoms with Crippen molar-refractivity contribution in [2.45, 2.75) is 31.5 Å². The van der Waals surface area contributed by atoms with E-state index < -0.39 is 24.1 Å². The quantitative estimate of drug-likeness (QED) is 0.336. The average molecular weight is 278 g/mol. The van der Waals surface area contributed by atoms with Gasteiger partial charge in [-0.2, -0.15) is 0 Å². The van der Waals surface area contributed by atoms with Crippen LogP contribution < -0.4 is 0 Å². The summed E-state index contributed by atoms with van der Waals surface area (Å²) in [6.45, 7) is 3.52. The average Bonchev–Trinajstić information content (AvgIpc) is 2.71. The highest BCUT2D eigenvalue weighted by molar-refractivity contribution is 5.91. The van der Waals surface area contributed by atoms with E-state index in [0.717, 1.165) is 5.57 Å². The normalized spacial score (nSPS) is 36.2. The molecule has 1 aliphatic heterocycles. The van der Waals surface area contributed by atoms with Crippen molar-refractivity contribution in [1.29, 1.82) is 0 Å². The number of carbonyl (C=O) groups excluding carboxylic acids is 2. The van der Waals surface area contributed by atoms with Gasteiger partial charge in [-0.15, -0.1) is 0 Å². The molecular weight excluding hydrogens is 260 g/mol. The molecule has 3 atom stereocenters. The number of aliphatic hydroxyl groups excluding tert-OH is 2. The van der Waals surface area contributed by atoms with Gasteiger partial charge < -0.3 is 14.9 Å². The van der Waals surface area contributed by atoms with E-state index in [4.69, 9.17) is 4.74 Å². The maximum atomic E-state index is 11.6. The highest BCUT2D eigenvalue weighted by Gasteiger charge is 2.42. The topological polar surface area (TPSA) is 83.8 Å². The van der Waals surface area contributed by atoms with Crippen molar-refractivity contribution in [2.24, 2.45) is 5.92 Å². The second-order valence-electron chi connectivity index (χ2n) is 5.11. The molecule has 1 heterocycles. The SMILES string of the molecule is C=C1C(=O)O[C@H]2/C=C(/CO)CC/C=C(/C=O)C[C@H](O)[C@H]12. The first-order chi connectivity index (χ1) is 9.56. The summed E-state index contributed by atoms with van der Waals surface area (Å²) in [5.74, 6) is -1.12. The molecule has 20 heavy (non-hydrogen) atoms. The minimum atomic E-state index is -0.912. The lowest BCUT2D eigenvalue weighted by Crippen LogP contribution is -2.29. The van der Waals surface area contributed by atoms with E-state index in [2.05, 4.69) is 6.58 Å². The summed E-state index contributed by atoms with van der Waals surface area (Å²) in [5.41, 5.74) is 1.42. The molecule has 0 saturated carbocycles. The summed E-state index contributed by atoms with van der Waals surface area (Å²) >= 11 is 0. The molecule has 0 aromatic heterocycles. The molecule has 5 nitrogen and oxygen atoms in total. The van der Waals surface area contributed by atoms with Crippen LogP contribution in [0.15, 0.2) is 35.5 Å². The van der Waals surface area contributed by atoms with E-state index in [1.807, 2.05) is 0 Å². The van der Waals surface area contributed by atoms with Gasteiger partial charge in [0.25, 0.3) is 0 Å². The Bertz CT molecular complexity index is 488. The monoisotopic (exact) mass is 278 g/mol. The first kappa shape index (κ1) is 14.7. The predicted octanol–water partition coefficient (Wildman–Crippen LogP) is 0.673. The molecule has 0 bridgehead atoms. The number of esters is 1. The lowest BCUT2D eigenvalue weighted by atomic mass is 9.85. The van der Waals surface area contributed by atoms with Crippen LogP contribution in [0.4, 0.5) is 0 Å².